The van der Waals surface area contributed by atoms with Gasteiger partial charge in [0, 0.05) is 20.2 Å². The minimum Gasteiger partial charge on any atom is -0.445 e. The van der Waals surface area contributed by atoms with Crippen molar-refractivity contribution in [3.8, 4) is 0 Å². The van der Waals surface area contributed by atoms with Crippen molar-refractivity contribution in [1.82, 2.24) is 4.90 Å². The predicted octanol–water partition coefficient (Wildman–Crippen LogP) is 1.79. The molecule has 0 radical (unpaired) electrons. The molecule has 5 nitrogen and oxygen atoms in total. The van der Waals surface area contributed by atoms with Crippen LogP contribution >= 0.6 is 0 Å². The molecule has 1 aromatic carbocycles. The Balaban J connectivity index is 1.83. The number of methoxy groups -OCH3 is 1. The van der Waals surface area contributed by atoms with E-state index in [-0.39, 0.29) is 24.8 Å². The van der Waals surface area contributed by atoms with Crippen molar-refractivity contribution < 1.29 is 19.4 Å². The van der Waals surface area contributed by atoms with Crippen molar-refractivity contribution >= 4 is 6.09 Å². The highest BCUT2D eigenvalue weighted by Gasteiger charge is 2.37. The van der Waals surface area contributed by atoms with Gasteiger partial charge in [0.05, 0.1) is 12.2 Å². The molecule has 1 aliphatic carbocycles. The first-order chi connectivity index (χ1) is 9.61. The zero-order chi connectivity index (χ0) is 14.5. The number of nitrogens with zero attached hydrogens (tertiary/aromatic N) is 1. The van der Waals surface area contributed by atoms with E-state index in [1.54, 1.807) is 19.1 Å². The smallest absolute Gasteiger partial charge is 0.410 e. The Morgan fingerprint density at radius 1 is 1.35 bits per heavy atom. The Morgan fingerprint density at radius 3 is 2.65 bits per heavy atom. The Morgan fingerprint density at radius 2 is 2.05 bits per heavy atom. The molecule has 3 atom stereocenters. The lowest BCUT2D eigenvalue weighted by Crippen LogP contribution is -2.36. The molecule has 110 valence electrons. The van der Waals surface area contributed by atoms with Gasteiger partial charge in [-0.2, -0.15) is 0 Å². The summed E-state index contributed by atoms with van der Waals surface area (Å²) in [5, 5.41) is 9.79. The summed E-state index contributed by atoms with van der Waals surface area (Å²) in [5.41, 5.74) is 0.954. The van der Waals surface area contributed by atoms with Crippen LogP contribution in [0.4, 0.5) is 4.79 Å². The monoisotopic (exact) mass is 279 g/mol. The highest BCUT2D eigenvalue weighted by molar-refractivity contribution is 5.67. The van der Waals surface area contributed by atoms with Crippen LogP contribution in [0.3, 0.4) is 0 Å². The second-order valence-electron chi connectivity index (χ2n) is 5.12. The molecule has 1 aliphatic rings. The quantitative estimate of drug-likeness (QED) is 0.913. The summed E-state index contributed by atoms with van der Waals surface area (Å²) < 4.78 is 10.5. The molecule has 1 saturated carbocycles. The molecule has 1 N–H and O–H groups in total. The standard InChI is InChI=1S/C15H21NO4/c1-16(12-8-13(17)14(9-12)19-2)15(18)20-10-11-6-4-3-5-7-11/h3-7,12-14,17H,8-10H2,1-2H3/t12-,13-,14+/m0/s1. The van der Waals surface area contributed by atoms with Crippen LogP contribution in [0, 0.1) is 0 Å². The van der Waals surface area contributed by atoms with Gasteiger partial charge < -0.3 is 19.5 Å². The molecule has 0 aromatic heterocycles. The molecule has 1 aromatic rings. The van der Waals surface area contributed by atoms with E-state index in [1.165, 1.54) is 0 Å². The maximum atomic E-state index is 12.0. The highest BCUT2D eigenvalue weighted by Crippen LogP contribution is 2.26. The van der Waals surface area contributed by atoms with Crippen LogP contribution in [0.2, 0.25) is 0 Å². The Bertz CT molecular complexity index is 437. The zero-order valence-electron chi connectivity index (χ0n) is 11.9. The number of carbonyl (C=O) groups excluding carboxylic acids is 1. The Labute approximate surface area is 119 Å². The summed E-state index contributed by atoms with van der Waals surface area (Å²) in [6.45, 7) is 0.257. The fourth-order valence-corrected chi connectivity index (χ4v) is 2.49. The SMILES string of the molecule is CO[C@@H]1C[C@@H](N(C)C(=O)OCc2ccccc2)C[C@@H]1O. The number of hydrogen-bond acceptors (Lipinski definition) is 4. The first kappa shape index (κ1) is 14.8. The van der Waals surface area contributed by atoms with E-state index in [2.05, 4.69) is 0 Å². The van der Waals surface area contributed by atoms with E-state index in [0.29, 0.717) is 12.8 Å². The van der Waals surface area contributed by atoms with E-state index in [4.69, 9.17) is 9.47 Å². The number of aliphatic hydroxyl groups is 1. The molecule has 0 spiro atoms. The number of carbonyl (C=O) groups is 1. The second kappa shape index (κ2) is 6.72. The minimum absolute atomic E-state index is 0.0433. The van der Waals surface area contributed by atoms with E-state index in [1.807, 2.05) is 30.3 Å². The third-order valence-corrected chi connectivity index (χ3v) is 3.79. The van der Waals surface area contributed by atoms with Gasteiger partial charge in [0.15, 0.2) is 0 Å². The normalized spacial score (nSPS) is 25.4. The van der Waals surface area contributed by atoms with Gasteiger partial charge in [-0.25, -0.2) is 4.79 Å². The van der Waals surface area contributed by atoms with Gasteiger partial charge >= 0.3 is 6.09 Å². The number of aliphatic hydroxyl groups excluding tert-OH is 1. The maximum Gasteiger partial charge on any atom is 0.410 e. The molecule has 0 bridgehead atoms. The summed E-state index contributed by atoms with van der Waals surface area (Å²) >= 11 is 0. The van der Waals surface area contributed by atoms with Gasteiger partial charge in [-0.1, -0.05) is 30.3 Å². The number of rotatable bonds is 4. The Hall–Kier alpha value is -1.59. The fraction of sp³-hybridized carbons (Fsp3) is 0.533. The van der Waals surface area contributed by atoms with Crippen molar-refractivity contribution in [2.45, 2.75) is 37.7 Å². The lowest BCUT2D eigenvalue weighted by Gasteiger charge is -2.23. The number of benzene rings is 1. The molecule has 0 heterocycles. The van der Waals surface area contributed by atoms with Gasteiger partial charge in [0.25, 0.3) is 0 Å². The van der Waals surface area contributed by atoms with Crippen molar-refractivity contribution in [3.05, 3.63) is 35.9 Å². The maximum absolute atomic E-state index is 12.0. The average Bonchev–Trinajstić information content (AvgIpc) is 2.86. The van der Waals surface area contributed by atoms with Crippen molar-refractivity contribution in [2.75, 3.05) is 14.2 Å². The molecule has 0 saturated heterocycles. The predicted molar refractivity (Wildman–Crippen MR) is 74.2 cm³/mol. The fourth-order valence-electron chi connectivity index (χ4n) is 2.49. The van der Waals surface area contributed by atoms with Crippen molar-refractivity contribution in [3.63, 3.8) is 0 Å². The third-order valence-electron chi connectivity index (χ3n) is 3.79. The van der Waals surface area contributed by atoms with Crippen LogP contribution in [-0.2, 0) is 16.1 Å². The van der Waals surface area contributed by atoms with Crippen molar-refractivity contribution in [1.29, 1.82) is 0 Å². The zero-order valence-corrected chi connectivity index (χ0v) is 11.9. The first-order valence-electron chi connectivity index (χ1n) is 6.76. The molecule has 1 fully saturated rings. The largest absolute Gasteiger partial charge is 0.445 e. The summed E-state index contributed by atoms with van der Waals surface area (Å²) in [5.74, 6) is 0. The first-order valence-corrected chi connectivity index (χ1v) is 6.76. The molecule has 0 unspecified atom stereocenters. The van der Waals surface area contributed by atoms with Gasteiger partial charge in [-0.05, 0) is 18.4 Å². The number of amides is 1. The average molecular weight is 279 g/mol. The summed E-state index contributed by atoms with van der Waals surface area (Å²) in [6.07, 6.45) is 0.0610. The van der Waals surface area contributed by atoms with E-state index in [9.17, 15) is 9.90 Å². The lowest BCUT2D eigenvalue weighted by molar-refractivity contribution is 0.00968. The van der Waals surface area contributed by atoms with Crippen LogP contribution in [-0.4, -0.2) is 48.5 Å². The van der Waals surface area contributed by atoms with Gasteiger partial charge in [0.2, 0.25) is 0 Å². The second-order valence-corrected chi connectivity index (χ2v) is 5.12. The molecule has 20 heavy (non-hydrogen) atoms. The molecule has 5 heteroatoms. The summed E-state index contributed by atoms with van der Waals surface area (Å²) in [4.78, 5) is 13.5. The van der Waals surface area contributed by atoms with E-state index < -0.39 is 6.10 Å². The molecule has 2 rings (SSSR count). The van der Waals surface area contributed by atoms with Crippen LogP contribution in [0.1, 0.15) is 18.4 Å². The Kier molecular flexibility index (Phi) is 4.98. The van der Waals surface area contributed by atoms with Gasteiger partial charge in [0.1, 0.15) is 6.61 Å². The number of hydrogen-bond donors (Lipinski definition) is 1. The minimum atomic E-state index is -0.519. The topological polar surface area (TPSA) is 59.0 Å². The van der Waals surface area contributed by atoms with E-state index >= 15 is 0 Å². The van der Waals surface area contributed by atoms with Gasteiger partial charge in [-0.15, -0.1) is 0 Å². The lowest BCUT2D eigenvalue weighted by atomic mass is 10.2. The van der Waals surface area contributed by atoms with E-state index in [0.717, 1.165) is 5.56 Å². The summed E-state index contributed by atoms with van der Waals surface area (Å²) in [7, 11) is 3.27. The number of ether oxygens (including phenoxy) is 2. The molecular weight excluding hydrogens is 258 g/mol. The van der Waals surface area contributed by atoms with Crippen LogP contribution in [0.25, 0.3) is 0 Å². The van der Waals surface area contributed by atoms with Crippen LogP contribution in [0.15, 0.2) is 30.3 Å². The molecule has 1 amide bonds. The molecular formula is C15H21NO4. The summed E-state index contributed by atoms with van der Waals surface area (Å²) in [6, 6.07) is 9.51. The van der Waals surface area contributed by atoms with Crippen LogP contribution in [0.5, 0.6) is 0 Å². The van der Waals surface area contributed by atoms with Crippen molar-refractivity contribution in [2.24, 2.45) is 0 Å². The highest BCUT2D eigenvalue weighted by atomic mass is 16.6. The third kappa shape index (κ3) is 3.49. The molecule has 0 aliphatic heterocycles. The van der Waals surface area contributed by atoms with Crippen LogP contribution < -0.4 is 0 Å². The van der Waals surface area contributed by atoms with Gasteiger partial charge in [-0.3, -0.25) is 0 Å².